The molecule has 1 aliphatic rings. The Morgan fingerprint density at radius 2 is 1.92 bits per heavy atom. The molecule has 0 radical (unpaired) electrons. The van der Waals surface area contributed by atoms with Crippen molar-refractivity contribution < 1.29 is 4.79 Å². The first kappa shape index (κ1) is 19.3. The second kappa shape index (κ2) is 10.7. The molecule has 2 N–H and O–H groups in total. The Balaban J connectivity index is 1.80. The van der Waals surface area contributed by atoms with Gasteiger partial charge in [-0.25, -0.2) is 0 Å². The van der Waals surface area contributed by atoms with Crippen LogP contribution in [0.1, 0.15) is 51.0 Å². The van der Waals surface area contributed by atoms with E-state index in [4.69, 9.17) is 0 Å². The monoisotopic (exact) mass is 344 g/mol. The zero-order chi connectivity index (χ0) is 17.9. The maximum atomic E-state index is 12.1. The molecule has 0 unspecified atom stereocenters. The largest absolute Gasteiger partial charge is 0.357 e. The minimum Gasteiger partial charge on any atom is -0.357 e. The highest BCUT2D eigenvalue weighted by Crippen LogP contribution is 2.17. The van der Waals surface area contributed by atoms with Crippen LogP contribution in [-0.2, 0) is 11.3 Å². The Hall–Kier alpha value is -2.04. The standard InChI is InChI=1S/C20H32N4O/c1-3-21-20(24(2)16-17-10-6-4-7-11-17)22-15-14-19(25)23-18-12-8-5-9-13-18/h4,6-7,10-11,18H,3,5,8-9,12-16H2,1-2H3,(H,21,22)(H,23,25). The average molecular weight is 345 g/mol. The van der Waals surface area contributed by atoms with Crippen LogP contribution in [0.15, 0.2) is 35.3 Å². The van der Waals surface area contributed by atoms with E-state index in [1.165, 1.54) is 24.8 Å². The Morgan fingerprint density at radius 3 is 2.60 bits per heavy atom. The quantitative estimate of drug-likeness (QED) is 0.591. The molecule has 5 heteroatoms. The lowest BCUT2D eigenvalue weighted by atomic mass is 9.95. The topological polar surface area (TPSA) is 56.7 Å². The first-order valence-corrected chi connectivity index (χ1v) is 9.51. The van der Waals surface area contributed by atoms with Crippen LogP contribution >= 0.6 is 0 Å². The van der Waals surface area contributed by atoms with Crippen LogP contribution in [0.25, 0.3) is 0 Å². The van der Waals surface area contributed by atoms with Gasteiger partial charge in [0.25, 0.3) is 0 Å². The molecular weight excluding hydrogens is 312 g/mol. The van der Waals surface area contributed by atoms with Gasteiger partial charge in [0.1, 0.15) is 0 Å². The number of rotatable bonds is 7. The van der Waals surface area contributed by atoms with Gasteiger partial charge in [-0.05, 0) is 25.3 Å². The summed E-state index contributed by atoms with van der Waals surface area (Å²) in [5.74, 6) is 0.967. The molecule has 1 aromatic carbocycles. The molecule has 2 rings (SSSR count). The lowest BCUT2D eigenvalue weighted by molar-refractivity contribution is -0.121. The van der Waals surface area contributed by atoms with Gasteiger partial charge in [0, 0.05) is 32.6 Å². The molecule has 1 saturated carbocycles. The summed E-state index contributed by atoms with van der Waals surface area (Å²) in [5.41, 5.74) is 1.24. The molecule has 0 spiro atoms. The van der Waals surface area contributed by atoms with Crippen molar-refractivity contribution in [3.63, 3.8) is 0 Å². The predicted molar refractivity (Wildman–Crippen MR) is 104 cm³/mol. The van der Waals surface area contributed by atoms with E-state index in [0.29, 0.717) is 19.0 Å². The van der Waals surface area contributed by atoms with Crippen molar-refractivity contribution in [3.8, 4) is 0 Å². The molecule has 138 valence electrons. The van der Waals surface area contributed by atoms with Gasteiger partial charge in [-0.15, -0.1) is 0 Å². The predicted octanol–water partition coefficient (Wildman–Crippen LogP) is 2.92. The molecule has 5 nitrogen and oxygen atoms in total. The lowest BCUT2D eigenvalue weighted by Gasteiger charge is -2.23. The normalized spacial score (nSPS) is 15.7. The molecule has 0 heterocycles. The summed E-state index contributed by atoms with van der Waals surface area (Å²) in [6.07, 6.45) is 6.46. The molecule has 25 heavy (non-hydrogen) atoms. The highest BCUT2D eigenvalue weighted by Gasteiger charge is 2.15. The maximum absolute atomic E-state index is 12.1. The van der Waals surface area contributed by atoms with Crippen LogP contribution in [0.4, 0.5) is 0 Å². The lowest BCUT2D eigenvalue weighted by Crippen LogP contribution is -2.39. The van der Waals surface area contributed by atoms with Crippen molar-refractivity contribution in [2.24, 2.45) is 4.99 Å². The van der Waals surface area contributed by atoms with Crippen LogP contribution in [0, 0.1) is 0 Å². The zero-order valence-corrected chi connectivity index (χ0v) is 15.6. The van der Waals surface area contributed by atoms with Gasteiger partial charge in [0.15, 0.2) is 5.96 Å². The van der Waals surface area contributed by atoms with Crippen molar-refractivity contribution in [1.82, 2.24) is 15.5 Å². The third-order valence-corrected chi connectivity index (χ3v) is 4.53. The van der Waals surface area contributed by atoms with Gasteiger partial charge < -0.3 is 15.5 Å². The van der Waals surface area contributed by atoms with Gasteiger partial charge in [-0.1, -0.05) is 49.6 Å². The fourth-order valence-corrected chi connectivity index (χ4v) is 3.21. The van der Waals surface area contributed by atoms with Crippen molar-refractivity contribution in [2.75, 3.05) is 20.1 Å². The summed E-state index contributed by atoms with van der Waals surface area (Å²) < 4.78 is 0. The van der Waals surface area contributed by atoms with Gasteiger partial charge in [0.2, 0.25) is 5.91 Å². The third kappa shape index (κ3) is 7.16. The van der Waals surface area contributed by atoms with Gasteiger partial charge in [-0.3, -0.25) is 9.79 Å². The number of nitrogens with one attached hydrogen (secondary N) is 2. The fourth-order valence-electron chi connectivity index (χ4n) is 3.21. The fraction of sp³-hybridized carbons (Fsp3) is 0.600. The van der Waals surface area contributed by atoms with Crippen LogP contribution in [0.5, 0.6) is 0 Å². The van der Waals surface area contributed by atoms with Crippen molar-refractivity contribution in [1.29, 1.82) is 0 Å². The molecule has 1 aliphatic carbocycles. The van der Waals surface area contributed by atoms with Crippen molar-refractivity contribution in [2.45, 2.75) is 58.0 Å². The Labute approximate surface area is 151 Å². The SMILES string of the molecule is CCNC(=NCCC(=O)NC1CCCCC1)N(C)Cc1ccccc1. The molecule has 0 aliphatic heterocycles. The van der Waals surface area contributed by atoms with E-state index < -0.39 is 0 Å². The number of nitrogens with zero attached hydrogens (tertiary/aromatic N) is 2. The van der Waals surface area contributed by atoms with Gasteiger partial charge in [0.05, 0.1) is 6.54 Å². The number of amides is 1. The number of carbonyl (C=O) groups excluding carboxylic acids is 1. The average Bonchev–Trinajstić information content (AvgIpc) is 2.62. The van der Waals surface area contributed by atoms with Crippen molar-refractivity contribution >= 4 is 11.9 Å². The number of hydrogen-bond acceptors (Lipinski definition) is 2. The van der Waals surface area contributed by atoms with Crippen LogP contribution in [0.2, 0.25) is 0 Å². The number of aliphatic imine (C=N–C) groups is 1. The van der Waals surface area contributed by atoms with E-state index in [9.17, 15) is 4.79 Å². The summed E-state index contributed by atoms with van der Waals surface area (Å²) in [6.45, 7) is 4.18. The van der Waals surface area contributed by atoms with E-state index in [-0.39, 0.29) is 5.91 Å². The van der Waals surface area contributed by atoms with Crippen LogP contribution in [-0.4, -0.2) is 42.9 Å². The summed E-state index contributed by atoms with van der Waals surface area (Å²) in [5, 5.41) is 6.45. The Morgan fingerprint density at radius 1 is 1.20 bits per heavy atom. The third-order valence-electron chi connectivity index (χ3n) is 4.53. The van der Waals surface area contributed by atoms with Gasteiger partial charge in [-0.2, -0.15) is 0 Å². The second-order valence-electron chi connectivity index (χ2n) is 6.73. The summed E-state index contributed by atoms with van der Waals surface area (Å²) >= 11 is 0. The second-order valence-corrected chi connectivity index (χ2v) is 6.73. The smallest absolute Gasteiger partial charge is 0.222 e. The van der Waals surface area contributed by atoms with E-state index >= 15 is 0 Å². The Kier molecular flexibility index (Phi) is 8.29. The molecule has 0 bridgehead atoms. The van der Waals surface area contributed by atoms with E-state index in [1.54, 1.807) is 0 Å². The van der Waals surface area contributed by atoms with E-state index in [1.807, 2.05) is 25.2 Å². The minimum absolute atomic E-state index is 0.122. The maximum Gasteiger partial charge on any atom is 0.222 e. The molecule has 1 amide bonds. The minimum atomic E-state index is 0.122. The summed E-state index contributed by atoms with van der Waals surface area (Å²) in [4.78, 5) is 18.8. The Bertz CT molecular complexity index is 538. The summed E-state index contributed by atoms with van der Waals surface area (Å²) in [6, 6.07) is 10.7. The zero-order valence-electron chi connectivity index (χ0n) is 15.6. The number of guanidine groups is 1. The molecule has 0 aromatic heterocycles. The molecular formula is C20H32N4O. The number of hydrogen-bond donors (Lipinski definition) is 2. The highest BCUT2D eigenvalue weighted by atomic mass is 16.1. The highest BCUT2D eigenvalue weighted by molar-refractivity contribution is 5.80. The van der Waals surface area contributed by atoms with E-state index in [0.717, 1.165) is 31.9 Å². The molecule has 1 aromatic rings. The first-order valence-electron chi connectivity index (χ1n) is 9.51. The van der Waals surface area contributed by atoms with Crippen molar-refractivity contribution in [3.05, 3.63) is 35.9 Å². The van der Waals surface area contributed by atoms with Gasteiger partial charge >= 0.3 is 0 Å². The first-order chi connectivity index (χ1) is 12.2. The van der Waals surface area contributed by atoms with Crippen LogP contribution < -0.4 is 10.6 Å². The van der Waals surface area contributed by atoms with Crippen LogP contribution in [0.3, 0.4) is 0 Å². The number of benzene rings is 1. The molecule has 1 fully saturated rings. The number of carbonyl (C=O) groups is 1. The van der Waals surface area contributed by atoms with E-state index in [2.05, 4.69) is 39.6 Å². The molecule has 0 saturated heterocycles. The summed E-state index contributed by atoms with van der Waals surface area (Å²) in [7, 11) is 2.02. The molecule has 0 atom stereocenters.